The van der Waals surface area contributed by atoms with Gasteiger partial charge in [0.15, 0.2) is 0 Å². The van der Waals surface area contributed by atoms with Gasteiger partial charge in [-0.15, -0.1) is 11.3 Å². The third kappa shape index (κ3) is 3.00. The number of hydrogen-bond donors (Lipinski definition) is 1. The largest absolute Gasteiger partial charge is 0.320 e. The van der Waals surface area contributed by atoms with Crippen LogP contribution in [-0.4, -0.2) is 23.4 Å². The molecule has 1 aliphatic heterocycles. The third-order valence-electron chi connectivity index (χ3n) is 3.96. The highest BCUT2D eigenvalue weighted by Gasteiger charge is 2.39. The number of amides is 1. The lowest BCUT2D eigenvalue weighted by molar-refractivity contribution is -0.131. The van der Waals surface area contributed by atoms with E-state index in [1.807, 2.05) is 11.8 Å². The highest BCUT2D eigenvalue weighted by atomic mass is 32.1. The topological polar surface area (TPSA) is 32.3 Å². The van der Waals surface area contributed by atoms with Crippen molar-refractivity contribution in [1.29, 1.82) is 0 Å². The van der Waals surface area contributed by atoms with Gasteiger partial charge in [-0.1, -0.05) is 20.8 Å². The van der Waals surface area contributed by atoms with Gasteiger partial charge in [0.05, 0.1) is 6.04 Å². The lowest BCUT2D eigenvalue weighted by atomic mass is 9.89. The number of rotatable bonds is 4. The molecular weight excluding hydrogens is 256 g/mol. The molecule has 0 aromatic carbocycles. The Morgan fingerprint density at radius 2 is 2.11 bits per heavy atom. The number of aryl methyl sites for hydroxylation is 1. The highest BCUT2D eigenvalue weighted by molar-refractivity contribution is 7.12. The van der Waals surface area contributed by atoms with Gasteiger partial charge in [-0.05, 0) is 37.8 Å². The van der Waals surface area contributed by atoms with Crippen molar-refractivity contribution in [2.24, 2.45) is 5.41 Å². The summed E-state index contributed by atoms with van der Waals surface area (Å²) in [6.07, 6.45) is 1.12. The van der Waals surface area contributed by atoms with Crippen LogP contribution in [0.2, 0.25) is 0 Å². The average Bonchev–Trinajstić information content (AvgIpc) is 2.88. The van der Waals surface area contributed by atoms with Crippen molar-refractivity contribution in [3.8, 4) is 0 Å². The summed E-state index contributed by atoms with van der Waals surface area (Å²) in [5.74, 6) is 0.220. The van der Waals surface area contributed by atoms with Crippen LogP contribution < -0.4 is 5.32 Å². The summed E-state index contributed by atoms with van der Waals surface area (Å²) in [7, 11) is 0. The van der Waals surface area contributed by atoms with Crippen molar-refractivity contribution in [2.45, 2.75) is 53.2 Å². The molecule has 0 saturated carbocycles. The lowest BCUT2D eigenvalue weighted by Gasteiger charge is -2.32. The van der Waals surface area contributed by atoms with Crippen molar-refractivity contribution < 1.29 is 4.79 Å². The van der Waals surface area contributed by atoms with Crippen LogP contribution in [0, 0.1) is 12.3 Å². The Kier molecular flexibility index (Phi) is 4.02. The Balaban J connectivity index is 2.24. The van der Waals surface area contributed by atoms with Crippen LogP contribution in [0.3, 0.4) is 0 Å². The van der Waals surface area contributed by atoms with E-state index < -0.39 is 0 Å². The van der Waals surface area contributed by atoms with E-state index in [4.69, 9.17) is 0 Å². The summed E-state index contributed by atoms with van der Waals surface area (Å²) in [4.78, 5) is 16.9. The van der Waals surface area contributed by atoms with E-state index >= 15 is 0 Å². The van der Waals surface area contributed by atoms with E-state index in [-0.39, 0.29) is 23.5 Å². The molecule has 19 heavy (non-hydrogen) atoms. The molecule has 1 N–H and O–H groups in total. The molecule has 1 aromatic rings. The van der Waals surface area contributed by atoms with Crippen LogP contribution in [0.15, 0.2) is 12.1 Å². The van der Waals surface area contributed by atoms with E-state index in [1.54, 1.807) is 11.3 Å². The number of thiophene rings is 1. The van der Waals surface area contributed by atoms with Gasteiger partial charge in [0.25, 0.3) is 0 Å². The quantitative estimate of drug-likeness (QED) is 0.917. The van der Waals surface area contributed by atoms with E-state index in [0.717, 1.165) is 13.0 Å². The Morgan fingerprint density at radius 1 is 1.42 bits per heavy atom. The molecule has 0 aliphatic carbocycles. The van der Waals surface area contributed by atoms with Gasteiger partial charge in [0.2, 0.25) is 5.91 Å². The molecule has 1 fully saturated rings. The summed E-state index contributed by atoms with van der Waals surface area (Å²) in [6, 6.07) is 4.17. The molecule has 1 aromatic heterocycles. The van der Waals surface area contributed by atoms with Crippen molar-refractivity contribution >= 4 is 17.2 Å². The zero-order chi connectivity index (χ0) is 14.2. The summed E-state index contributed by atoms with van der Waals surface area (Å²) in [5, 5.41) is 3.42. The first-order valence-electron chi connectivity index (χ1n) is 6.97. The predicted octanol–water partition coefficient (Wildman–Crippen LogP) is 3.31. The van der Waals surface area contributed by atoms with Gasteiger partial charge in [0, 0.05) is 16.3 Å². The molecule has 1 amide bonds. The molecule has 0 spiro atoms. The summed E-state index contributed by atoms with van der Waals surface area (Å²) in [6.45, 7) is 11.5. The van der Waals surface area contributed by atoms with E-state index in [2.05, 4.69) is 45.1 Å². The fourth-order valence-electron chi connectivity index (χ4n) is 2.35. The zero-order valence-corrected chi connectivity index (χ0v) is 13.3. The Morgan fingerprint density at radius 3 is 2.63 bits per heavy atom. The molecule has 0 radical (unpaired) electrons. The normalized spacial score (nSPS) is 24.3. The zero-order valence-electron chi connectivity index (χ0n) is 12.5. The highest BCUT2D eigenvalue weighted by Crippen LogP contribution is 2.33. The summed E-state index contributed by atoms with van der Waals surface area (Å²) in [5.41, 5.74) is 0.159. The molecule has 2 rings (SSSR count). The van der Waals surface area contributed by atoms with Crippen molar-refractivity contribution in [1.82, 2.24) is 10.2 Å². The lowest BCUT2D eigenvalue weighted by Crippen LogP contribution is -2.38. The van der Waals surface area contributed by atoms with Gasteiger partial charge in [-0.25, -0.2) is 0 Å². The average molecular weight is 280 g/mol. The first-order valence-corrected chi connectivity index (χ1v) is 7.78. The van der Waals surface area contributed by atoms with Crippen molar-refractivity contribution in [3.05, 3.63) is 21.9 Å². The minimum atomic E-state index is -0.0833. The van der Waals surface area contributed by atoms with Gasteiger partial charge >= 0.3 is 0 Å². The van der Waals surface area contributed by atoms with Crippen molar-refractivity contribution in [2.75, 3.05) is 6.54 Å². The van der Waals surface area contributed by atoms with Gasteiger partial charge < -0.3 is 4.90 Å². The van der Waals surface area contributed by atoms with E-state index in [1.165, 1.54) is 9.75 Å². The molecule has 1 aliphatic rings. The van der Waals surface area contributed by atoms with E-state index in [9.17, 15) is 4.79 Å². The van der Waals surface area contributed by atoms with Gasteiger partial charge in [-0.3, -0.25) is 10.1 Å². The molecule has 4 heteroatoms. The van der Waals surface area contributed by atoms with Crippen LogP contribution >= 0.6 is 11.3 Å². The van der Waals surface area contributed by atoms with Crippen LogP contribution in [0.25, 0.3) is 0 Å². The maximum atomic E-state index is 12.4. The molecule has 2 unspecified atom stereocenters. The molecule has 106 valence electrons. The maximum absolute atomic E-state index is 12.4. The third-order valence-corrected chi connectivity index (χ3v) is 5.01. The number of nitrogens with one attached hydrogen (secondary N) is 1. The Bertz CT molecular complexity index is 466. The SMILES string of the molecule is CCC(C)(C)CN1C(=O)C(C)NC1c1ccc(C)s1. The smallest absolute Gasteiger partial charge is 0.241 e. The second-order valence-electron chi connectivity index (χ2n) is 6.22. The maximum Gasteiger partial charge on any atom is 0.241 e. The van der Waals surface area contributed by atoms with Gasteiger partial charge in [-0.2, -0.15) is 0 Å². The minimum Gasteiger partial charge on any atom is -0.320 e. The van der Waals surface area contributed by atoms with Gasteiger partial charge in [0.1, 0.15) is 6.17 Å². The molecule has 3 nitrogen and oxygen atoms in total. The molecule has 2 atom stereocenters. The first-order chi connectivity index (χ1) is 8.84. The molecular formula is C15H24N2OS. The fourth-order valence-corrected chi connectivity index (χ4v) is 3.30. The fraction of sp³-hybridized carbons (Fsp3) is 0.667. The number of nitrogens with zero attached hydrogens (tertiary/aromatic N) is 1. The molecule has 1 saturated heterocycles. The number of carbonyl (C=O) groups excluding carboxylic acids is 1. The Labute approximate surface area is 120 Å². The second-order valence-corrected chi connectivity index (χ2v) is 7.54. The monoisotopic (exact) mass is 280 g/mol. The predicted molar refractivity (Wildman–Crippen MR) is 80.2 cm³/mol. The summed E-state index contributed by atoms with van der Waals surface area (Å²) >= 11 is 1.77. The van der Waals surface area contributed by atoms with Crippen LogP contribution in [0.1, 0.15) is 50.0 Å². The standard InChI is InChI=1S/C15H24N2OS/c1-6-15(4,5)9-17-13(16-11(3)14(17)18)12-8-7-10(2)19-12/h7-8,11,13,16H,6,9H2,1-5H3. The Hall–Kier alpha value is -0.870. The summed E-state index contributed by atoms with van der Waals surface area (Å²) < 4.78 is 0. The first kappa shape index (κ1) is 14.5. The van der Waals surface area contributed by atoms with Crippen LogP contribution in [0.4, 0.5) is 0 Å². The minimum absolute atomic E-state index is 0.0482. The molecule has 2 heterocycles. The van der Waals surface area contributed by atoms with Crippen molar-refractivity contribution in [3.63, 3.8) is 0 Å². The number of carbonyl (C=O) groups is 1. The van der Waals surface area contributed by atoms with Crippen LogP contribution in [0.5, 0.6) is 0 Å². The van der Waals surface area contributed by atoms with Crippen LogP contribution in [-0.2, 0) is 4.79 Å². The number of hydrogen-bond acceptors (Lipinski definition) is 3. The molecule has 0 bridgehead atoms. The second kappa shape index (κ2) is 5.25. The van der Waals surface area contributed by atoms with E-state index in [0.29, 0.717) is 0 Å².